The highest BCUT2D eigenvalue weighted by molar-refractivity contribution is 14.1. The van der Waals surface area contributed by atoms with Gasteiger partial charge in [-0.05, 0) is 40.8 Å². The van der Waals surface area contributed by atoms with Gasteiger partial charge in [0.15, 0.2) is 0 Å². The van der Waals surface area contributed by atoms with Crippen molar-refractivity contribution in [3.63, 3.8) is 0 Å². The molecule has 1 rings (SSSR count). The highest BCUT2D eigenvalue weighted by Crippen LogP contribution is 2.19. The number of hydrogen-bond donors (Lipinski definition) is 1. The van der Waals surface area contributed by atoms with E-state index in [0.717, 1.165) is 9.61 Å². The highest BCUT2D eigenvalue weighted by atomic mass is 127. The van der Waals surface area contributed by atoms with Crippen molar-refractivity contribution in [1.29, 1.82) is 0 Å². The molecule has 0 aliphatic heterocycles. The first-order valence-corrected chi connectivity index (χ1v) is 5.70. The first-order chi connectivity index (χ1) is 4.74. The Bertz CT molecular complexity index is 237. The largest absolute Gasteiger partial charge is 0.507 e. The Morgan fingerprint density at radius 2 is 2.20 bits per heavy atom. The third-order valence-corrected chi connectivity index (χ3v) is 3.10. The second-order valence-electron chi connectivity index (χ2n) is 2.14. The molecule has 0 heterocycles. The summed E-state index contributed by atoms with van der Waals surface area (Å²) in [7, 11) is 1.19. The summed E-state index contributed by atoms with van der Waals surface area (Å²) in [5, 5.41) is 9.14. The van der Waals surface area contributed by atoms with Crippen LogP contribution in [0.1, 0.15) is 5.56 Å². The number of halogens is 1. The molecule has 0 unspecified atom stereocenters. The minimum absolute atomic E-state index is 0.388. The van der Waals surface area contributed by atoms with Gasteiger partial charge >= 0.3 is 0 Å². The molecule has 3 heteroatoms. The van der Waals surface area contributed by atoms with Gasteiger partial charge in [0.2, 0.25) is 0 Å². The Morgan fingerprint density at radius 1 is 1.50 bits per heavy atom. The molecule has 0 aliphatic carbocycles. The second kappa shape index (κ2) is 3.38. The standard InChI is InChI=1S/C7H9IOSi/c8-6-3-5(4-10)1-2-7(6)9/h1-3,9H,4H2,10H3. The maximum Gasteiger partial charge on any atom is 0.128 e. The molecule has 0 radical (unpaired) electrons. The molecule has 0 amide bonds. The summed E-state index contributed by atoms with van der Waals surface area (Å²) in [6.07, 6.45) is 0. The van der Waals surface area contributed by atoms with E-state index in [-0.39, 0.29) is 0 Å². The molecule has 0 spiro atoms. The number of phenols is 1. The predicted molar refractivity (Wildman–Crippen MR) is 54.5 cm³/mol. The fraction of sp³-hybridized carbons (Fsp3) is 0.143. The zero-order valence-corrected chi connectivity index (χ0v) is 9.92. The molecule has 0 aliphatic rings. The molecule has 1 N–H and O–H groups in total. The van der Waals surface area contributed by atoms with Crippen molar-refractivity contribution in [2.24, 2.45) is 0 Å². The van der Waals surface area contributed by atoms with Crippen LogP contribution in [0.25, 0.3) is 0 Å². The Morgan fingerprint density at radius 3 is 2.70 bits per heavy atom. The van der Waals surface area contributed by atoms with E-state index >= 15 is 0 Å². The van der Waals surface area contributed by atoms with E-state index in [1.165, 1.54) is 15.8 Å². The van der Waals surface area contributed by atoms with Crippen molar-refractivity contribution in [3.05, 3.63) is 27.3 Å². The van der Waals surface area contributed by atoms with Gasteiger partial charge in [-0.25, -0.2) is 0 Å². The first kappa shape index (κ1) is 8.07. The third kappa shape index (κ3) is 1.73. The summed E-state index contributed by atoms with van der Waals surface area (Å²) in [6, 6.07) is 6.93. The molecule has 1 aromatic carbocycles. The van der Waals surface area contributed by atoms with Crippen molar-refractivity contribution < 1.29 is 5.11 Å². The number of rotatable bonds is 1. The lowest BCUT2D eigenvalue weighted by molar-refractivity contribution is 0.471. The fourth-order valence-corrected chi connectivity index (χ4v) is 1.79. The Labute approximate surface area is 77.0 Å². The zero-order chi connectivity index (χ0) is 7.56. The summed E-state index contributed by atoms with van der Waals surface area (Å²) in [6.45, 7) is 0. The third-order valence-electron chi connectivity index (χ3n) is 1.42. The molecule has 1 aromatic rings. The predicted octanol–water partition coefficient (Wildman–Crippen LogP) is 0.862. The normalized spacial score (nSPS) is 10.1. The molecule has 0 aromatic heterocycles. The SMILES string of the molecule is Oc1ccc(C[SiH3])cc1I. The van der Waals surface area contributed by atoms with Crippen LogP contribution in [0.2, 0.25) is 0 Å². The number of phenolic OH excluding ortho intramolecular Hbond substituents is 1. The van der Waals surface area contributed by atoms with E-state index in [1.807, 2.05) is 12.1 Å². The van der Waals surface area contributed by atoms with Crippen molar-refractivity contribution in [3.8, 4) is 5.75 Å². The lowest BCUT2D eigenvalue weighted by atomic mass is 10.2. The second-order valence-corrected chi connectivity index (χ2v) is 4.01. The van der Waals surface area contributed by atoms with Crippen LogP contribution >= 0.6 is 22.6 Å². The highest BCUT2D eigenvalue weighted by Gasteiger charge is 1.95. The van der Waals surface area contributed by atoms with Crippen LogP contribution in [0.15, 0.2) is 18.2 Å². The van der Waals surface area contributed by atoms with Gasteiger partial charge in [-0.3, -0.25) is 0 Å². The van der Waals surface area contributed by atoms with Crippen LogP contribution in [0.5, 0.6) is 5.75 Å². The topological polar surface area (TPSA) is 20.2 Å². The van der Waals surface area contributed by atoms with Gasteiger partial charge in [0, 0.05) is 10.2 Å². The molecule has 0 fully saturated rings. The van der Waals surface area contributed by atoms with Gasteiger partial charge < -0.3 is 5.11 Å². The van der Waals surface area contributed by atoms with Gasteiger partial charge in [0.1, 0.15) is 5.75 Å². The van der Waals surface area contributed by atoms with E-state index in [9.17, 15) is 0 Å². The van der Waals surface area contributed by atoms with E-state index in [2.05, 4.69) is 22.6 Å². The summed E-state index contributed by atoms with van der Waals surface area (Å²) < 4.78 is 0.950. The average Bonchev–Trinajstić information content (AvgIpc) is 1.95. The summed E-state index contributed by atoms with van der Waals surface area (Å²) >= 11 is 2.14. The Balaban J connectivity index is 3.04. The summed E-state index contributed by atoms with van der Waals surface area (Å²) in [5.41, 5.74) is 1.33. The van der Waals surface area contributed by atoms with E-state index in [4.69, 9.17) is 5.11 Å². The maximum atomic E-state index is 9.14. The minimum atomic E-state index is 0.388. The molecule has 54 valence electrons. The molecule has 0 saturated carbocycles. The van der Waals surface area contributed by atoms with Crippen LogP contribution in [0, 0.1) is 3.57 Å². The average molecular weight is 264 g/mol. The summed E-state index contributed by atoms with van der Waals surface area (Å²) in [4.78, 5) is 0. The van der Waals surface area contributed by atoms with E-state index < -0.39 is 0 Å². The van der Waals surface area contributed by atoms with E-state index in [0.29, 0.717) is 5.75 Å². The summed E-state index contributed by atoms with van der Waals surface area (Å²) in [5.74, 6) is 0.388. The van der Waals surface area contributed by atoms with Gasteiger partial charge in [-0.2, -0.15) is 0 Å². The van der Waals surface area contributed by atoms with Crippen molar-refractivity contribution >= 4 is 32.8 Å². The number of hydrogen-bond acceptors (Lipinski definition) is 1. The van der Waals surface area contributed by atoms with Gasteiger partial charge in [-0.1, -0.05) is 11.6 Å². The molecule has 10 heavy (non-hydrogen) atoms. The van der Waals surface area contributed by atoms with Crippen molar-refractivity contribution in [2.45, 2.75) is 6.04 Å². The van der Waals surface area contributed by atoms with Crippen molar-refractivity contribution in [2.75, 3.05) is 0 Å². The van der Waals surface area contributed by atoms with Crippen LogP contribution in [0.3, 0.4) is 0 Å². The van der Waals surface area contributed by atoms with Gasteiger partial charge in [-0.15, -0.1) is 0 Å². The lowest BCUT2D eigenvalue weighted by Crippen LogP contribution is -1.83. The van der Waals surface area contributed by atoms with Crippen LogP contribution in [-0.4, -0.2) is 15.3 Å². The quantitative estimate of drug-likeness (QED) is 0.589. The maximum absolute atomic E-state index is 9.14. The molecule has 1 nitrogen and oxygen atoms in total. The first-order valence-electron chi connectivity index (χ1n) is 3.21. The van der Waals surface area contributed by atoms with Crippen LogP contribution < -0.4 is 0 Å². The zero-order valence-electron chi connectivity index (χ0n) is 5.76. The van der Waals surface area contributed by atoms with Gasteiger partial charge in [0.05, 0.1) is 3.57 Å². The van der Waals surface area contributed by atoms with Crippen molar-refractivity contribution in [1.82, 2.24) is 0 Å². The van der Waals surface area contributed by atoms with E-state index in [1.54, 1.807) is 6.07 Å². The minimum Gasteiger partial charge on any atom is -0.507 e. The fourth-order valence-electron chi connectivity index (χ4n) is 0.770. The Kier molecular flexibility index (Phi) is 2.73. The molecule has 0 saturated heterocycles. The monoisotopic (exact) mass is 264 g/mol. The molecule has 0 atom stereocenters. The molecular formula is C7H9IOSi. The number of aromatic hydroxyl groups is 1. The number of benzene rings is 1. The van der Waals surface area contributed by atoms with Crippen LogP contribution in [-0.2, 0) is 6.04 Å². The Hall–Kier alpha value is -0.0331. The van der Waals surface area contributed by atoms with Crippen LogP contribution in [0.4, 0.5) is 0 Å². The smallest absolute Gasteiger partial charge is 0.128 e. The van der Waals surface area contributed by atoms with Gasteiger partial charge in [0.25, 0.3) is 0 Å². The molecular weight excluding hydrogens is 255 g/mol. The lowest BCUT2D eigenvalue weighted by Gasteiger charge is -1.98. The molecule has 0 bridgehead atoms.